The van der Waals surface area contributed by atoms with Gasteiger partial charge in [-0.1, -0.05) is 11.6 Å². The zero-order chi connectivity index (χ0) is 23.3. The Hall–Kier alpha value is -2.68. The van der Waals surface area contributed by atoms with Crippen molar-refractivity contribution in [2.75, 3.05) is 31.6 Å². The first-order valence-corrected chi connectivity index (χ1v) is 10.9. The third-order valence-electron chi connectivity index (χ3n) is 4.86. The number of aromatic hydroxyl groups is 1. The summed E-state index contributed by atoms with van der Waals surface area (Å²) in [7, 11) is 0. The second-order valence-corrected chi connectivity index (χ2v) is 9.23. The van der Waals surface area contributed by atoms with E-state index in [2.05, 4.69) is 20.5 Å². The summed E-state index contributed by atoms with van der Waals surface area (Å²) in [6, 6.07) is 6.35. The van der Waals surface area contributed by atoms with E-state index in [4.69, 9.17) is 16.3 Å². The summed E-state index contributed by atoms with van der Waals surface area (Å²) in [6.07, 6.45) is 1.40. The smallest absolute Gasteiger partial charge is 0.270 e. The van der Waals surface area contributed by atoms with E-state index in [1.807, 2.05) is 20.8 Å². The summed E-state index contributed by atoms with van der Waals surface area (Å²) in [6.45, 7) is 9.21. The van der Waals surface area contributed by atoms with Crippen molar-refractivity contribution < 1.29 is 19.4 Å². The van der Waals surface area contributed by atoms with Crippen LogP contribution in [0.2, 0.25) is 5.02 Å². The number of benzene rings is 1. The van der Waals surface area contributed by atoms with Crippen molar-refractivity contribution in [2.24, 2.45) is 0 Å². The number of nitrogens with zero attached hydrogens (tertiary/aromatic N) is 2. The SMILES string of the molecule is CC(C)(C)NC(=O)c1cc(NC(=O)Cc2cc(Cl)c(CN3CCOCC3)cc2O)ccn1. The zero-order valence-electron chi connectivity index (χ0n) is 18.6. The number of halogens is 1. The third kappa shape index (κ3) is 6.91. The van der Waals surface area contributed by atoms with Crippen LogP contribution in [0, 0.1) is 0 Å². The minimum atomic E-state index is -0.400. The fraction of sp³-hybridized carbons (Fsp3) is 0.435. The predicted molar refractivity (Wildman–Crippen MR) is 123 cm³/mol. The standard InChI is InChI=1S/C23H29ClN4O4/c1-23(2,3)27-22(31)19-13-17(4-5-25-19)26-21(30)12-15-10-18(24)16(11-20(15)29)14-28-6-8-32-9-7-28/h4-5,10-11,13,29H,6-9,12,14H2,1-3H3,(H,27,31)(H,25,26,30). The minimum absolute atomic E-state index is 0.0211. The van der Waals surface area contributed by atoms with Crippen LogP contribution in [-0.4, -0.2) is 58.6 Å². The van der Waals surface area contributed by atoms with E-state index < -0.39 is 5.54 Å². The molecule has 172 valence electrons. The maximum atomic E-state index is 12.5. The van der Waals surface area contributed by atoms with Gasteiger partial charge in [-0.2, -0.15) is 0 Å². The van der Waals surface area contributed by atoms with Gasteiger partial charge in [-0.05, 0) is 50.6 Å². The van der Waals surface area contributed by atoms with Crippen molar-refractivity contribution in [1.29, 1.82) is 0 Å². The van der Waals surface area contributed by atoms with Crippen LogP contribution >= 0.6 is 11.6 Å². The Labute approximate surface area is 192 Å². The number of pyridine rings is 1. The highest BCUT2D eigenvalue weighted by Crippen LogP contribution is 2.28. The molecule has 0 saturated carbocycles. The van der Waals surface area contributed by atoms with Gasteiger partial charge in [0.05, 0.1) is 19.6 Å². The van der Waals surface area contributed by atoms with Gasteiger partial charge in [-0.25, -0.2) is 0 Å². The molecule has 1 aromatic carbocycles. The average molecular weight is 461 g/mol. The lowest BCUT2D eigenvalue weighted by Gasteiger charge is -2.27. The van der Waals surface area contributed by atoms with Crippen molar-refractivity contribution in [3.05, 3.63) is 52.3 Å². The highest BCUT2D eigenvalue weighted by Gasteiger charge is 2.18. The summed E-state index contributed by atoms with van der Waals surface area (Å²) < 4.78 is 5.35. The second kappa shape index (κ2) is 10.3. The van der Waals surface area contributed by atoms with Gasteiger partial charge in [0.25, 0.3) is 5.91 Å². The van der Waals surface area contributed by atoms with E-state index in [9.17, 15) is 14.7 Å². The van der Waals surface area contributed by atoms with Gasteiger partial charge in [-0.15, -0.1) is 0 Å². The third-order valence-corrected chi connectivity index (χ3v) is 5.21. The molecule has 1 fully saturated rings. The number of phenolic OH excluding ortho intramolecular Hbond substituents is 1. The Morgan fingerprint density at radius 1 is 1.19 bits per heavy atom. The molecular weight excluding hydrogens is 432 g/mol. The van der Waals surface area contributed by atoms with Gasteiger partial charge in [0.2, 0.25) is 5.91 Å². The summed E-state index contributed by atoms with van der Waals surface area (Å²) in [5.41, 5.74) is 1.48. The number of amides is 2. The number of hydrogen-bond donors (Lipinski definition) is 3. The molecule has 0 unspecified atom stereocenters. The number of rotatable bonds is 6. The van der Waals surface area contributed by atoms with Gasteiger partial charge in [-0.3, -0.25) is 19.5 Å². The van der Waals surface area contributed by atoms with Crippen LogP contribution in [-0.2, 0) is 22.5 Å². The van der Waals surface area contributed by atoms with Crippen LogP contribution in [0.15, 0.2) is 30.5 Å². The summed E-state index contributed by atoms with van der Waals surface area (Å²) >= 11 is 6.42. The van der Waals surface area contributed by atoms with Crippen molar-refractivity contribution >= 4 is 29.1 Å². The number of morpholine rings is 1. The minimum Gasteiger partial charge on any atom is -0.508 e. The van der Waals surface area contributed by atoms with Crippen LogP contribution in [0.25, 0.3) is 0 Å². The summed E-state index contributed by atoms with van der Waals surface area (Å²) in [4.78, 5) is 31.1. The van der Waals surface area contributed by atoms with Crippen molar-refractivity contribution in [1.82, 2.24) is 15.2 Å². The molecular formula is C23H29ClN4O4. The molecule has 8 nitrogen and oxygen atoms in total. The molecule has 0 bridgehead atoms. The van der Waals surface area contributed by atoms with Crippen LogP contribution in [0.5, 0.6) is 5.75 Å². The number of anilines is 1. The molecule has 1 aliphatic heterocycles. The van der Waals surface area contributed by atoms with E-state index in [0.29, 0.717) is 36.0 Å². The Morgan fingerprint density at radius 3 is 2.59 bits per heavy atom. The van der Waals surface area contributed by atoms with Gasteiger partial charge < -0.3 is 20.5 Å². The van der Waals surface area contributed by atoms with E-state index >= 15 is 0 Å². The first-order valence-electron chi connectivity index (χ1n) is 10.5. The molecule has 3 rings (SSSR count). The molecule has 32 heavy (non-hydrogen) atoms. The molecule has 2 amide bonds. The maximum Gasteiger partial charge on any atom is 0.270 e. The molecule has 2 aromatic rings. The van der Waals surface area contributed by atoms with Gasteiger partial charge in [0.15, 0.2) is 0 Å². The molecule has 9 heteroatoms. The topological polar surface area (TPSA) is 104 Å². The lowest BCUT2D eigenvalue weighted by molar-refractivity contribution is -0.115. The van der Waals surface area contributed by atoms with Crippen molar-refractivity contribution in [3.8, 4) is 5.75 Å². The Balaban J connectivity index is 1.64. The van der Waals surface area contributed by atoms with Crippen molar-refractivity contribution in [3.63, 3.8) is 0 Å². The van der Waals surface area contributed by atoms with Gasteiger partial charge >= 0.3 is 0 Å². The number of carbonyl (C=O) groups is 2. The van der Waals surface area contributed by atoms with E-state index in [0.717, 1.165) is 18.7 Å². The van der Waals surface area contributed by atoms with Crippen molar-refractivity contribution in [2.45, 2.75) is 39.3 Å². The molecule has 1 aliphatic rings. The predicted octanol–water partition coefficient (Wildman–Crippen LogP) is 2.98. The van der Waals surface area contributed by atoms with E-state index in [1.54, 1.807) is 18.2 Å². The Morgan fingerprint density at radius 2 is 1.91 bits per heavy atom. The van der Waals surface area contributed by atoms with E-state index in [-0.39, 0.29) is 29.7 Å². The van der Waals surface area contributed by atoms with Crippen LogP contribution in [0.3, 0.4) is 0 Å². The quantitative estimate of drug-likeness (QED) is 0.612. The fourth-order valence-corrected chi connectivity index (χ4v) is 3.57. The number of carbonyl (C=O) groups excluding carboxylic acids is 2. The van der Waals surface area contributed by atoms with Gasteiger partial charge in [0.1, 0.15) is 11.4 Å². The highest BCUT2D eigenvalue weighted by molar-refractivity contribution is 6.31. The Kier molecular flexibility index (Phi) is 7.71. The van der Waals surface area contributed by atoms with Gasteiger partial charge in [0, 0.05) is 47.6 Å². The van der Waals surface area contributed by atoms with E-state index in [1.165, 1.54) is 12.3 Å². The molecule has 1 saturated heterocycles. The largest absolute Gasteiger partial charge is 0.508 e. The highest BCUT2D eigenvalue weighted by atomic mass is 35.5. The maximum absolute atomic E-state index is 12.5. The monoisotopic (exact) mass is 460 g/mol. The summed E-state index contributed by atoms with van der Waals surface area (Å²) in [5, 5.41) is 16.5. The zero-order valence-corrected chi connectivity index (χ0v) is 19.3. The molecule has 2 heterocycles. The lowest BCUT2D eigenvalue weighted by Crippen LogP contribution is -2.40. The first kappa shape index (κ1) is 24.0. The Bertz CT molecular complexity index is 984. The normalized spacial score (nSPS) is 14.8. The van der Waals surface area contributed by atoms with Crippen LogP contribution < -0.4 is 10.6 Å². The molecule has 0 atom stereocenters. The number of ether oxygens (including phenoxy) is 1. The van der Waals surface area contributed by atoms with Crippen LogP contribution in [0.1, 0.15) is 42.4 Å². The molecule has 0 spiro atoms. The molecule has 0 radical (unpaired) electrons. The lowest BCUT2D eigenvalue weighted by atomic mass is 10.1. The average Bonchev–Trinajstić information content (AvgIpc) is 2.71. The number of aromatic nitrogens is 1. The second-order valence-electron chi connectivity index (χ2n) is 8.82. The number of nitrogens with one attached hydrogen (secondary N) is 2. The summed E-state index contributed by atoms with van der Waals surface area (Å²) in [5.74, 6) is -0.646. The number of hydrogen-bond acceptors (Lipinski definition) is 6. The van der Waals surface area contributed by atoms with Crippen LogP contribution in [0.4, 0.5) is 5.69 Å². The molecule has 3 N–H and O–H groups in total. The fourth-order valence-electron chi connectivity index (χ4n) is 3.32. The number of phenols is 1. The molecule has 0 aliphatic carbocycles. The first-order chi connectivity index (χ1) is 15.1. The molecule has 1 aromatic heterocycles.